The van der Waals surface area contributed by atoms with Gasteiger partial charge in [0.05, 0.1) is 5.01 Å². The van der Waals surface area contributed by atoms with E-state index in [1.807, 2.05) is 10.3 Å². The Labute approximate surface area is 165 Å². The molecule has 1 aromatic heterocycles. The minimum absolute atomic E-state index is 0. The first-order valence-corrected chi connectivity index (χ1v) is 8.81. The summed E-state index contributed by atoms with van der Waals surface area (Å²) in [5, 5.41) is 2.79. The van der Waals surface area contributed by atoms with Gasteiger partial charge in [0.2, 0.25) is 0 Å². The largest absolute Gasteiger partial charge is 0.368 e. The van der Waals surface area contributed by atoms with Crippen LogP contribution in [-0.2, 0) is 6.42 Å². The van der Waals surface area contributed by atoms with Crippen molar-refractivity contribution in [2.45, 2.75) is 13.3 Å². The molecule has 2 aromatic rings. The van der Waals surface area contributed by atoms with Gasteiger partial charge in [0, 0.05) is 43.7 Å². The number of para-hydroxylation sites is 1. The molecule has 1 amide bonds. The van der Waals surface area contributed by atoms with Gasteiger partial charge in [-0.05, 0) is 25.1 Å². The Hall–Kier alpha value is -1.34. The highest BCUT2D eigenvalue weighted by Gasteiger charge is 2.24. The predicted molar refractivity (Wildman–Crippen MR) is 109 cm³/mol. The number of aryl methyl sites for hydroxylation is 1. The van der Waals surface area contributed by atoms with Crippen LogP contribution in [0.4, 0.5) is 5.69 Å². The van der Waals surface area contributed by atoms with Crippen LogP contribution in [0.15, 0.2) is 29.6 Å². The maximum absolute atomic E-state index is 12.5. The first-order valence-electron chi connectivity index (χ1n) is 7.93. The average Bonchev–Trinajstić information content (AvgIpc) is 3.04. The number of amides is 1. The normalized spacial score (nSPS) is 13.8. The average molecular weight is 403 g/mol. The molecule has 1 aliphatic rings. The number of rotatable bonds is 4. The number of piperazine rings is 1. The van der Waals surface area contributed by atoms with Crippen LogP contribution in [0.2, 0.25) is 0 Å². The zero-order chi connectivity index (χ0) is 16.2. The van der Waals surface area contributed by atoms with Crippen molar-refractivity contribution >= 4 is 47.7 Å². The van der Waals surface area contributed by atoms with Gasteiger partial charge < -0.3 is 15.5 Å². The number of hydrogen-bond acceptors (Lipinski definition) is 5. The number of carbonyl (C=O) groups excluding carboxylic acids is 1. The smallest absolute Gasteiger partial charge is 0.273 e. The maximum atomic E-state index is 12.5. The molecule has 3 rings (SSSR count). The Morgan fingerprint density at radius 2 is 1.88 bits per heavy atom. The summed E-state index contributed by atoms with van der Waals surface area (Å²) in [6.45, 7) is 5.87. The molecule has 1 saturated heterocycles. The topological polar surface area (TPSA) is 62.5 Å². The van der Waals surface area contributed by atoms with Crippen LogP contribution in [0.25, 0.3) is 0 Å². The number of carbonyl (C=O) groups is 1. The van der Waals surface area contributed by atoms with Gasteiger partial charge in [0.25, 0.3) is 5.91 Å². The van der Waals surface area contributed by atoms with E-state index >= 15 is 0 Å². The fraction of sp³-hybridized carbons (Fsp3) is 0.412. The third kappa shape index (κ3) is 5.07. The van der Waals surface area contributed by atoms with Crippen molar-refractivity contribution in [3.63, 3.8) is 0 Å². The van der Waals surface area contributed by atoms with Crippen LogP contribution in [0.3, 0.4) is 0 Å². The highest BCUT2D eigenvalue weighted by atomic mass is 35.5. The van der Waals surface area contributed by atoms with E-state index in [9.17, 15) is 4.79 Å². The van der Waals surface area contributed by atoms with Gasteiger partial charge in [-0.25, -0.2) is 4.98 Å². The lowest BCUT2D eigenvalue weighted by molar-refractivity contribution is 0.0741. The summed E-state index contributed by atoms with van der Waals surface area (Å²) < 4.78 is 0. The Bertz CT molecular complexity index is 687. The van der Waals surface area contributed by atoms with Crippen LogP contribution < -0.4 is 10.6 Å². The Morgan fingerprint density at radius 1 is 1.20 bits per heavy atom. The van der Waals surface area contributed by atoms with E-state index in [0.29, 0.717) is 12.2 Å². The first-order chi connectivity index (χ1) is 11.2. The van der Waals surface area contributed by atoms with Crippen LogP contribution in [0.1, 0.15) is 21.1 Å². The Kier molecular flexibility index (Phi) is 8.65. The second-order valence-corrected chi connectivity index (χ2v) is 6.67. The van der Waals surface area contributed by atoms with E-state index in [-0.39, 0.29) is 30.7 Å². The van der Waals surface area contributed by atoms with E-state index in [0.717, 1.165) is 37.6 Å². The molecule has 1 aromatic carbocycles. The highest BCUT2D eigenvalue weighted by molar-refractivity contribution is 7.09. The van der Waals surface area contributed by atoms with Gasteiger partial charge in [-0.15, -0.1) is 36.2 Å². The van der Waals surface area contributed by atoms with Crippen molar-refractivity contribution in [2.24, 2.45) is 5.73 Å². The van der Waals surface area contributed by atoms with E-state index in [1.165, 1.54) is 22.6 Å². The lowest BCUT2D eigenvalue weighted by atomic mass is 10.1. The monoisotopic (exact) mass is 402 g/mol. The molecule has 1 fully saturated rings. The zero-order valence-corrected chi connectivity index (χ0v) is 16.6. The van der Waals surface area contributed by atoms with Gasteiger partial charge in [0.1, 0.15) is 5.69 Å². The van der Waals surface area contributed by atoms with Crippen LogP contribution in [-0.4, -0.2) is 48.5 Å². The van der Waals surface area contributed by atoms with E-state index < -0.39 is 0 Å². The SMILES string of the molecule is Cc1ccccc1N1CCN(C(=O)c2csc(CCN)n2)CC1.Cl.Cl. The minimum atomic E-state index is 0. The lowest BCUT2D eigenvalue weighted by Crippen LogP contribution is -2.49. The molecular formula is C17H24Cl2N4OS. The number of nitrogens with zero attached hydrogens (tertiary/aromatic N) is 3. The number of anilines is 1. The molecule has 0 radical (unpaired) electrons. The molecule has 8 heteroatoms. The molecule has 0 saturated carbocycles. The van der Waals surface area contributed by atoms with Crippen LogP contribution >= 0.6 is 36.2 Å². The quantitative estimate of drug-likeness (QED) is 0.853. The van der Waals surface area contributed by atoms with E-state index in [4.69, 9.17) is 5.73 Å². The number of nitrogens with two attached hydrogens (primary N) is 1. The summed E-state index contributed by atoms with van der Waals surface area (Å²) in [7, 11) is 0. The molecule has 0 spiro atoms. The van der Waals surface area contributed by atoms with Gasteiger partial charge in [-0.2, -0.15) is 0 Å². The number of hydrogen-bond donors (Lipinski definition) is 1. The molecule has 138 valence electrons. The highest BCUT2D eigenvalue weighted by Crippen LogP contribution is 2.21. The van der Waals surface area contributed by atoms with Crippen LogP contribution in [0, 0.1) is 6.92 Å². The molecule has 0 bridgehead atoms. The summed E-state index contributed by atoms with van der Waals surface area (Å²) in [6.07, 6.45) is 0.735. The number of thiazole rings is 1. The number of halogens is 2. The molecule has 0 atom stereocenters. The fourth-order valence-corrected chi connectivity index (χ4v) is 3.67. The van der Waals surface area contributed by atoms with Crippen molar-refractivity contribution < 1.29 is 4.79 Å². The molecule has 0 unspecified atom stereocenters. The third-order valence-corrected chi connectivity index (χ3v) is 5.06. The second kappa shape index (κ2) is 9.97. The maximum Gasteiger partial charge on any atom is 0.273 e. The molecule has 5 nitrogen and oxygen atoms in total. The van der Waals surface area contributed by atoms with Gasteiger partial charge in [-0.3, -0.25) is 4.79 Å². The van der Waals surface area contributed by atoms with Crippen molar-refractivity contribution in [2.75, 3.05) is 37.6 Å². The third-order valence-electron chi connectivity index (χ3n) is 4.15. The predicted octanol–water partition coefficient (Wildman–Crippen LogP) is 2.76. The molecular weight excluding hydrogens is 379 g/mol. The zero-order valence-electron chi connectivity index (χ0n) is 14.2. The standard InChI is InChI=1S/C17H22N4OS.2ClH/c1-13-4-2-3-5-15(13)20-8-10-21(11-9-20)17(22)14-12-23-16(19-14)6-7-18;;/h2-5,12H,6-11,18H2,1H3;2*1H. The summed E-state index contributed by atoms with van der Waals surface area (Å²) in [5.41, 5.74) is 8.63. The Balaban J connectivity index is 0.00000156. The van der Waals surface area contributed by atoms with E-state index in [2.05, 4.69) is 41.1 Å². The number of benzene rings is 1. The molecule has 25 heavy (non-hydrogen) atoms. The first kappa shape index (κ1) is 21.7. The minimum Gasteiger partial charge on any atom is -0.368 e. The van der Waals surface area contributed by atoms with Crippen molar-refractivity contribution in [3.05, 3.63) is 45.9 Å². The Morgan fingerprint density at radius 3 is 2.52 bits per heavy atom. The molecule has 2 heterocycles. The van der Waals surface area contributed by atoms with E-state index in [1.54, 1.807) is 0 Å². The summed E-state index contributed by atoms with van der Waals surface area (Å²) in [4.78, 5) is 21.2. The molecule has 2 N–H and O–H groups in total. The van der Waals surface area contributed by atoms with Gasteiger partial charge in [0.15, 0.2) is 0 Å². The summed E-state index contributed by atoms with van der Waals surface area (Å²) in [5.74, 6) is 0.0361. The van der Waals surface area contributed by atoms with Gasteiger partial charge in [-0.1, -0.05) is 18.2 Å². The number of aromatic nitrogens is 1. The molecule has 1 aliphatic heterocycles. The summed E-state index contributed by atoms with van der Waals surface area (Å²) in [6, 6.07) is 8.39. The van der Waals surface area contributed by atoms with Crippen molar-refractivity contribution in [1.29, 1.82) is 0 Å². The summed E-state index contributed by atoms with van der Waals surface area (Å²) >= 11 is 1.52. The molecule has 0 aliphatic carbocycles. The van der Waals surface area contributed by atoms with Crippen LogP contribution in [0.5, 0.6) is 0 Å². The second-order valence-electron chi connectivity index (χ2n) is 5.73. The van der Waals surface area contributed by atoms with Gasteiger partial charge >= 0.3 is 0 Å². The lowest BCUT2D eigenvalue weighted by Gasteiger charge is -2.36. The van der Waals surface area contributed by atoms with Crippen molar-refractivity contribution in [3.8, 4) is 0 Å². The van der Waals surface area contributed by atoms with Crippen molar-refractivity contribution in [1.82, 2.24) is 9.88 Å². The fourth-order valence-electron chi connectivity index (χ4n) is 2.88.